The number of amides is 1. The minimum atomic E-state index is 0.355. The number of likely N-dealkylation sites (tertiary alicyclic amines) is 1. The van der Waals surface area contributed by atoms with Crippen molar-refractivity contribution in [2.24, 2.45) is 5.92 Å². The first-order chi connectivity index (χ1) is 7.71. The minimum absolute atomic E-state index is 0.355. The van der Waals surface area contributed by atoms with E-state index in [1.54, 1.807) is 0 Å². The average Bonchev–Trinajstić information content (AvgIpc) is 2.35. The minimum Gasteiger partial charge on any atom is -0.341 e. The van der Waals surface area contributed by atoms with Crippen LogP contribution in [0.1, 0.15) is 46.0 Å². The molecular formula is C13H26N2O. The first-order valence-electron chi connectivity index (χ1n) is 6.66. The Morgan fingerprint density at radius 3 is 2.69 bits per heavy atom. The second kappa shape index (κ2) is 6.89. The molecule has 0 saturated carbocycles. The van der Waals surface area contributed by atoms with E-state index in [1.165, 1.54) is 6.42 Å². The fourth-order valence-corrected chi connectivity index (χ4v) is 2.39. The highest BCUT2D eigenvalue weighted by atomic mass is 16.2. The van der Waals surface area contributed by atoms with Gasteiger partial charge in [-0.25, -0.2) is 0 Å². The molecule has 1 atom stereocenters. The third kappa shape index (κ3) is 3.78. The summed E-state index contributed by atoms with van der Waals surface area (Å²) in [7, 11) is 1.99. The number of hydrogen-bond donors (Lipinski definition) is 1. The summed E-state index contributed by atoms with van der Waals surface area (Å²) in [4.78, 5) is 14.1. The molecule has 0 aromatic carbocycles. The highest BCUT2D eigenvalue weighted by Crippen LogP contribution is 2.17. The van der Waals surface area contributed by atoms with E-state index >= 15 is 0 Å². The van der Waals surface area contributed by atoms with Crippen LogP contribution in [0.15, 0.2) is 0 Å². The van der Waals surface area contributed by atoms with E-state index in [4.69, 9.17) is 0 Å². The van der Waals surface area contributed by atoms with Crippen LogP contribution in [0.3, 0.4) is 0 Å². The van der Waals surface area contributed by atoms with E-state index in [0.29, 0.717) is 17.9 Å². The van der Waals surface area contributed by atoms with Crippen molar-refractivity contribution in [2.45, 2.75) is 52.0 Å². The molecule has 3 nitrogen and oxygen atoms in total. The van der Waals surface area contributed by atoms with Crippen molar-refractivity contribution in [3.8, 4) is 0 Å². The summed E-state index contributed by atoms with van der Waals surface area (Å²) in [6, 6.07) is 0.499. The topological polar surface area (TPSA) is 32.3 Å². The van der Waals surface area contributed by atoms with Crippen molar-refractivity contribution < 1.29 is 4.79 Å². The Hall–Kier alpha value is -0.570. The Balaban J connectivity index is 2.40. The summed E-state index contributed by atoms with van der Waals surface area (Å²) >= 11 is 0. The van der Waals surface area contributed by atoms with Gasteiger partial charge in [-0.1, -0.05) is 26.7 Å². The monoisotopic (exact) mass is 226 g/mol. The van der Waals surface area contributed by atoms with Crippen LogP contribution in [0.2, 0.25) is 0 Å². The zero-order chi connectivity index (χ0) is 12.0. The Kier molecular flexibility index (Phi) is 5.81. The number of hydrogen-bond acceptors (Lipinski definition) is 2. The Bertz CT molecular complexity index is 214. The van der Waals surface area contributed by atoms with Crippen molar-refractivity contribution >= 4 is 5.91 Å². The number of carbonyl (C=O) groups excluding carboxylic acids is 1. The van der Waals surface area contributed by atoms with Crippen molar-refractivity contribution in [1.29, 1.82) is 0 Å². The van der Waals surface area contributed by atoms with Gasteiger partial charge in [0.2, 0.25) is 5.91 Å². The maximum atomic E-state index is 12.1. The number of likely N-dealkylation sites (N-methyl/N-ethyl adjacent to an activating group) is 1. The average molecular weight is 226 g/mol. The number of piperidine rings is 1. The zero-order valence-electron chi connectivity index (χ0n) is 11.0. The molecule has 0 aliphatic carbocycles. The molecule has 1 fully saturated rings. The molecule has 1 aliphatic heterocycles. The molecule has 0 aromatic rings. The highest BCUT2D eigenvalue weighted by molar-refractivity contribution is 5.76. The third-order valence-corrected chi connectivity index (χ3v) is 3.80. The Morgan fingerprint density at radius 1 is 1.44 bits per heavy atom. The molecule has 0 aromatic heterocycles. The smallest absolute Gasteiger partial charge is 0.222 e. The van der Waals surface area contributed by atoms with Gasteiger partial charge < -0.3 is 10.2 Å². The predicted octanol–water partition coefficient (Wildman–Crippen LogP) is 2.02. The van der Waals surface area contributed by atoms with Crippen LogP contribution in [0.5, 0.6) is 0 Å². The highest BCUT2D eigenvalue weighted by Gasteiger charge is 2.23. The molecule has 1 aliphatic rings. The van der Waals surface area contributed by atoms with Crippen LogP contribution in [-0.2, 0) is 4.79 Å². The van der Waals surface area contributed by atoms with Crippen molar-refractivity contribution in [3.63, 3.8) is 0 Å². The Morgan fingerprint density at radius 2 is 2.12 bits per heavy atom. The van der Waals surface area contributed by atoms with Crippen molar-refractivity contribution in [1.82, 2.24) is 10.2 Å². The van der Waals surface area contributed by atoms with Crippen LogP contribution < -0.4 is 5.32 Å². The van der Waals surface area contributed by atoms with Gasteiger partial charge in [0.05, 0.1) is 0 Å². The molecule has 16 heavy (non-hydrogen) atoms. The molecule has 0 spiro atoms. The number of carbonyl (C=O) groups is 1. The summed E-state index contributed by atoms with van der Waals surface area (Å²) in [5, 5.41) is 3.28. The SMILES string of the molecule is CCC(CC)CC(=O)N1CCCC(NC)C1. The number of nitrogens with zero attached hydrogens (tertiary/aromatic N) is 1. The maximum Gasteiger partial charge on any atom is 0.222 e. The quantitative estimate of drug-likeness (QED) is 0.778. The van der Waals surface area contributed by atoms with E-state index < -0.39 is 0 Å². The first-order valence-corrected chi connectivity index (χ1v) is 6.66. The zero-order valence-corrected chi connectivity index (χ0v) is 11.0. The van der Waals surface area contributed by atoms with Gasteiger partial charge in [-0.2, -0.15) is 0 Å². The molecule has 0 radical (unpaired) electrons. The van der Waals surface area contributed by atoms with Crippen LogP contribution in [0.4, 0.5) is 0 Å². The van der Waals surface area contributed by atoms with Gasteiger partial charge in [-0.05, 0) is 25.8 Å². The maximum absolute atomic E-state index is 12.1. The molecule has 1 amide bonds. The molecule has 94 valence electrons. The van der Waals surface area contributed by atoms with Crippen molar-refractivity contribution in [3.05, 3.63) is 0 Å². The summed E-state index contributed by atoms with van der Waals surface area (Å²) in [6.07, 6.45) is 5.31. The molecule has 0 bridgehead atoms. The van der Waals surface area contributed by atoms with Gasteiger partial charge in [-0.15, -0.1) is 0 Å². The fourth-order valence-electron chi connectivity index (χ4n) is 2.39. The van der Waals surface area contributed by atoms with E-state index in [9.17, 15) is 4.79 Å². The van der Waals surface area contributed by atoms with Gasteiger partial charge in [0.25, 0.3) is 0 Å². The predicted molar refractivity (Wildman–Crippen MR) is 67.4 cm³/mol. The lowest BCUT2D eigenvalue weighted by Crippen LogP contribution is -2.47. The number of rotatable bonds is 5. The molecule has 1 saturated heterocycles. The van der Waals surface area contributed by atoms with Gasteiger partial charge in [-0.3, -0.25) is 4.79 Å². The van der Waals surface area contributed by atoms with E-state index in [1.807, 2.05) is 11.9 Å². The fraction of sp³-hybridized carbons (Fsp3) is 0.923. The van der Waals surface area contributed by atoms with Gasteiger partial charge in [0, 0.05) is 25.6 Å². The van der Waals surface area contributed by atoms with E-state index in [2.05, 4.69) is 19.2 Å². The lowest BCUT2D eigenvalue weighted by molar-refractivity contribution is -0.133. The second-order valence-corrected chi connectivity index (χ2v) is 4.85. The van der Waals surface area contributed by atoms with Crippen LogP contribution >= 0.6 is 0 Å². The van der Waals surface area contributed by atoms with Crippen LogP contribution in [-0.4, -0.2) is 37.0 Å². The summed E-state index contributed by atoms with van der Waals surface area (Å²) < 4.78 is 0. The normalized spacial score (nSPS) is 21.5. The molecule has 1 N–H and O–H groups in total. The van der Waals surface area contributed by atoms with Crippen LogP contribution in [0, 0.1) is 5.92 Å². The summed E-state index contributed by atoms with van der Waals surface area (Å²) in [5.74, 6) is 0.927. The number of nitrogens with one attached hydrogen (secondary N) is 1. The van der Waals surface area contributed by atoms with Gasteiger partial charge in [0.15, 0.2) is 0 Å². The second-order valence-electron chi connectivity index (χ2n) is 4.85. The van der Waals surface area contributed by atoms with Crippen LogP contribution in [0.25, 0.3) is 0 Å². The summed E-state index contributed by atoms with van der Waals surface area (Å²) in [6.45, 7) is 6.20. The van der Waals surface area contributed by atoms with E-state index in [-0.39, 0.29) is 0 Å². The molecule has 1 unspecified atom stereocenters. The molecule has 3 heteroatoms. The first kappa shape index (κ1) is 13.5. The van der Waals surface area contributed by atoms with Gasteiger partial charge in [0.1, 0.15) is 0 Å². The lowest BCUT2D eigenvalue weighted by atomic mass is 9.97. The molecular weight excluding hydrogens is 200 g/mol. The molecule has 1 heterocycles. The molecule has 1 rings (SSSR count). The van der Waals surface area contributed by atoms with Crippen molar-refractivity contribution in [2.75, 3.05) is 20.1 Å². The lowest BCUT2D eigenvalue weighted by Gasteiger charge is -2.33. The largest absolute Gasteiger partial charge is 0.341 e. The standard InChI is InChI=1S/C13H26N2O/c1-4-11(5-2)9-13(16)15-8-6-7-12(10-15)14-3/h11-12,14H,4-10H2,1-3H3. The van der Waals surface area contributed by atoms with Gasteiger partial charge >= 0.3 is 0 Å². The van der Waals surface area contributed by atoms with E-state index in [0.717, 1.165) is 38.8 Å². The third-order valence-electron chi connectivity index (χ3n) is 3.80. The summed E-state index contributed by atoms with van der Waals surface area (Å²) in [5.41, 5.74) is 0. The Labute approximate surface area is 99.6 Å².